The van der Waals surface area contributed by atoms with Crippen LogP contribution in [0.1, 0.15) is 48.5 Å². The molecule has 4 N–H and O–H groups in total. The van der Waals surface area contributed by atoms with Crippen LogP contribution in [0.5, 0.6) is 0 Å². The zero-order chi connectivity index (χ0) is 14.0. The van der Waals surface area contributed by atoms with Crippen molar-refractivity contribution >= 4 is 11.6 Å². The molecule has 1 heterocycles. The molecule has 1 aromatic rings. The normalized spacial score (nSPS) is 27.2. The third kappa shape index (κ3) is 2.50. The maximum atomic E-state index is 12.9. The fourth-order valence-electron chi connectivity index (χ4n) is 2.98. The fraction of sp³-hybridized carbons (Fsp3) is 0.600. The van der Waals surface area contributed by atoms with Crippen LogP contribution in [0.3, 0.4) is 0 Å². The summed E-state index contributed by atoms with van der Waals surface area (Å²) < 4.78 is 0. The van der Waals surface area contributed by atoms with Gasteiger partial charge in [0, 0.05) is 18.2 Å². The molecule has 0 amide bonds. The molecule has 0 saturated heterocycles. The summed E-state index contributed by atoms with van der Waals surface area (Å²) in [5, 5.41) is 0. The van der Waals surface area contributed by atoms with E-state index in [1.165, 1.54) is 0 Å². The molecule has 4 nitrogen and oxygen atoms in total. The smallest absolute Gasteiger partial charge is 0.174 e. The average molecular weight is 261 g/mol. The molecule has 1 aliphatic rings. The Morgan fingerprint density at radius 2 is 2.11 bits per heavy atom. The van der Waals surface area contributed by atoms with E-state index in [2.05, 4.69) is 11.9 Å². The van der Waals surface area contributed by atoms with Crippen LogP contribution in [0.2, 0.25) is 0 Å². The Balaban J connectivity index is 2.36. The first kappa shape index (κ1) is 14.0. The summed E-state index contributed by atoms with van der Waals surface area (Å²) in [6.45, 7) is 4.53. The third-order valence-corrected chi connectivity index (χ3v) is 4.52. The number of aromatic nitrogens is 1. The molecule has 0 bridgehead atoms. The largest absolute Gasteiger partial charge is 0.383 e. The van der Waals surface area contributed by atoms with E-state index in [0.717, 1.165) is 31.2 Å². The molecule has 19 heavy (non-hydrogen) atoms. The van der Waals surface area contributed by atoms with E-state index in [-0.39, 0.29) is 5.78 Å². The molecule has 0 atom stereocenters. The Hall–Kier alpha value is -1.42. The van der Waals surface area contributed by atoms with Crippen LogP contribution in [-0.4, -0.2) is 17.3 Å². The number of carbonyl (C=O) groups excluding carboxylic acids is 1. The highest BCUT2D eigenvalue weighted by atomic mass is 16.1. The van der Waals surface area contributed by atoms with Crippen molar-refractivity contribution in [3.05, 3.63) is 23.4 Å². The number of aryl methyl sites for hydroxylation is 1. The van der Waals surface area contributed by atoms with Gasteiger partial charge in [-0.15, -0.1) is 0 Å². The monoisotopic (exact) mass is 261 g/mol. The van der Waals surface area contributed by atoms with Gasteiger partial charge in [0.1, 0.15) is 5.82 Å². The van der Waals surface area contributed by atoms with Crippen LogP contribution in [-0.2, 0) is 0 Å². The van der Waals surface area contributed by atoms with Crippen molar-refractivity contribution < 1.29 is 4.79 Å². The van der Waals surface area contributed by atoms with Crippen molar-refractivity contribution in [3.8, 4) is 0 Å². The third-order valence-electron chi connectivity index (χ3n) is 4.52. The summed E-state index contributed by atoms with van der Waals surface area (Å²) in [5.74, 6) is 1.10. The first-order valence-electron chi connectivity index (χ1n) is 6.96. The molecule has 1 saturated carbocycles. The first-order chi connectivity index (χ1) is 9.00. The summed E-state index contributed by atoms with van der Waals surface area (Å²) in [6, 6.07) is 1.83. The van der Waals surface area contributed by atoms with Gasteiger partial charge in [0.2, 0.25) is 0 Å². The van der Waals surface area contributed by atoms with Gasteiger partial charge in [0.05, 0.1) is 5.56 Å². The van der Waals surface area contributed by atoms with Crippen molar-refractivity contribution in [2.45, 2.75) is 39.5 Å². The van der Waals surface area contributed by atoms with Crippen molar-refractivity contribution in [3.63, 3.8) is 0 Å². The molecule has 1 aromatic heterocycles. The number of carbonyl (C=O) groups is 1. The van der Waals surface area contributed by atoms with Crippen LogP contribution < -0.4 is 11.5 Å². The van der Waals surface area contributed by atoms with Crippen LogP contribution in [0.25, 0.3) is 0 Å². The second-order valence-electron chi connectivity index (χ2n) is 5.88. The lowest BCUT2D eigenvalue weighted by atomic mass is 9.66. The van der Waals surface area contributed by atoms with Crippen molar-refractivity contribution in [2.24, 2.45) is 17.1 Å². The number of anilines is 1. The lowest BCUT2D eigenvalue weighted by Gasteiger charge is -2.37. The highest BCUT2D eigenvalue weighted by Gasteiger charge is 2.41. The molecule has 0 spiro atoms. The van der Waals surface area contributed by atoms with E-state index in [9.17, 15) is 4.79 Å². The van der Waals surface area contributed by atoms with Crippen LogP contribution >= 0.6 is 0 Å². The van der Waals surface area contributed by atoms with Crippen molar-refractivity contribution in [2.75, 3.05) is 12.3 Å². The maximum absolute atomic E-state index is 12.9. The molecule has 0 aromatic carbocycles. The summed E-state index contributed by atoms with van der Waals surface area (Å²) in [6.07, 6.45) is 5.47. The quantitative estimate of drug-likeness (QED) is 0.818. The predicted octanol–water partition coefficient (Wildman–Crippen LogP) is 2.31. The molecule has 2 rings (SSSR count). The van der Waals surface area contributed by atoms with Gasteiger partial charge in [-0.3, -0.25) is 4.79 Å². The number of nitrogens with two attached hydrogens (primary N) is 2. The highest BCUT2D eigenvalue weighted by Crippen LogP contribution is 2.41. The minimum absolute atomic E-state index is 0.0880. The van der Waals surface area contributed by atoms with Crippen LogP contribution in [0, 0.1) is 18.3 Å². The second kappa shape index (κ2) is 5.29. The van der Waals surface area contributed by atoms with Crippen LogP contribution in [0.4, 0.5) is 5.82 Å². The number of hydrogen-bond acceptors (Lipinski definition) is 4. The van der Waals surface area contributed by atoms with E-state index in [4.69, 9.17) is 11.5 Å². The Bertz CT molecular complexity index is 456. The van der Waals surface area contributed by atoms with Crippen LogP contribution in [0.15, 0.2) is 12.3 Å². The van der Waals surface area contributed by atoms with Gasteiger partial charge in [0.25, 0.3) is 0 Å². The predicted molar refractivity (Wildman–Crippen MR) is 76.8 cm³/mol. The molecule has 1 fully saturated rings. The van der Waals surface area contributed by atoms with E-state index in [1.807, 2.05) is 13.0 Å². The zero-order valence-corrected chi connectivity index (χ0v) is 11.8. The summed E-state index contributed by atoms with van der Waals surface area (Å²) in [5.41, 5.74) is 12.9. The lowest BCUT2D eigenvalue weighted by Crippen LogP contribution is -2.42. The van der Waals surface area contributed by atoms with Gasteiger partial charge in [-0.2, -0.15) is 0 Å². The Kier molecular flexibility index (Phi) is 3.90. The van der Waals surface area contributed by atoms with E-state index < -0.39 is 5.41 Å². The number of Topliss-reactive ketones (excluding diaryl/α,β-unsaturated/α-hetero) is 1. The van der Waals surface area contributed by atoms with Gasteiger partial charge in [-0.1, -0.05) is 6.92 Å². The van der Waals surface area contributed by atoms with Gasteiger partial charge in [-0.05, 0) is 50.2 Å². The van der Waals surface area contributed by atoms with E-state index >= 15 is 0 Å². The Morgan fingerprint density at radius 3 is 2.63 bits per heavy atom. The number of hydrogen-bond donors (Lipinski definition) is 2. The second-order valence-corrected chi connectivity index (χ2v) is 5.88. The standard InChI is InChI=1S/C15H23N3O/c1-10-3-6-15(9-16,7-4-10)13(19)12-11(2)5-8-18-14(12)17/h5,8,10H,3-4,6-7,9,16H2,1-2H3,(H2,17,18). The van der Waals surface area contributed by atoms with Crippen molar-refractivity contribution in [1.29, 1.82) is 0 Å². The Morgan fingerprint density at radius 1 is 1.47 bits per heavy atom. The molecule has 4 heteroatoms. The highest BCUT2D eigenvalue weighted by molar-refractivity contribution is 6.05. The topological polar surface area (TPSA) is 82.0 Å². The average Bonchev–Trinajstić information content (AvgIpc) is 2.39. The number of ketones is 1. The van der Waals surface area contributed by atoms with Gasteiger partial charge in [-0.25, -0.2) is 4.98 Å². The van der Waals surface area contributed by atoms with E-state index in [1.54, 1.807) is 6.20 Å². The summed E-state index contributed by atoms with van der Waals surface area (Å²) in [7, 11) is 0. The zero-order valence-electron chi connectivity index (χ0n) is 11.8. The number of nitrogen functional groups attached to an aromatic ring is 1. The van der Waals surface area contributed by atoms with E-state index in [0.29, 0.717) is 23.8 Å². The van der Waals surface area contributed by atoms with Gasteiger partial charge >= 0.3 is 0 Å². The SMILES string of the molecule is Cc1ccnc(N)c1C(=O)C1(CN)CCC(C)CC1. The number of pyridine rings is 1. The maximum Gasteiger partial charge on any atom is 0.174 e. The Labute approximate surface area is 114 Å². The molecule has 0 unspecified atom stereocenters. The molecule has 0 aliphatic heterocycles. The summed E-state index contributed by atoms with van der Waals surface area (Å²) in [4.78, 5) is 17.0. The molecule has 104 valence electrons. The first-order valence-corrected chi connectivity index (χ1v) is 6.96. The molecular weight excluding hydrogens is 238 g/mol. The van der Waals surface area contributed by atoms with Gasteiger partial charge < -0.3 is 11.5 Å². The van der Waals surface area contributed by atoms with Gasteiger partial charge in [0.15, 0.2) is 5.78 Å². The van der Waals surface area contributed by atoms with Crippen molar-refractivity contribution in [1.82, 2.24) is 4.98 Å². The minimum atomic E-state index is -0.436. The number of rotatable bonds is 3. The number of nitrogens with zero attached hydrogens (tertiary/aromatic N) is 1. The fourth-order valence-corrected chi connectivity index (χ4v) is 2.98. The molecule has 1 aliphatic carbocycles. The minimum Gasteiger partial charge on any atom is -0.383 e. The summed E-state index contributed by atoms with van der Waals surface area (Å²) >= 11 is 0. The molecule has 0 radical (unpaired) electrons. The molecular formula is C15H23N3O. The lowest BCUT2D eigenvalue weighted by molar-refractivity contribution is 0.0695.